The van der Waals surface area contributed by atoms with Crippen LogP contribution in [0.25, 0.3) is 10.9 Å². The number of benzene rings is 3. The normalized spacial score (nSPS) is 15.0. The van der Waals surface area contributed by atoms with Crippen molar-refractivity contribution < 1.29 is 28.2 Å². The summed E-state index contributed by atoms with van der Waals surface area (Å²) in [7, 11) is -1.97. The fourth-order valence-electron chi connectivity index (χ4n) is 5.62. The Morgan fingerprint density at radius 2 is 1.80 bits per heavy atom. The second kappa shape index (κ2) is 14.0. The molecule has 11 heteroatoms. The SMILES string of the molecule is CCn1cc2c3c(cc(C(=O)N[C@@H](Cc4ccccc4)[C@H](O)CNc4ccc(C)cc4C)cc31)N(C)S(=O)(=O)CC2.O=CO. The van der Waals surface area contributed by atoms with Crippen LogP contribution in [0.4, 0.5) is 11.4 Å². The Balaban J connectivity index is 0.00000141. The predicted molar refractivity (Wildman–Crippen MR) is 174 cm³/mol. The molecule has 0 unspecified atom stereocenters. The lowest BCUT2D eigenvalue weighted by atomic mass is 9.99. The molecule has 4 aromatic rings. The Labute approximate surface area is 258 Å². The molecule has 1 aliphatic heterocycles. The minimum atomic E-state index is -3.52. The van der Waals surface area contributed by atoms with Gasteiger partial charge in [0.2, 0.25) is 10.0 Å². The second-order valence-electron chi connectivity index (χ2n) is 11.0. The molecular weight excluding hydrogens is 580 g/mol. The van der Waals surface area contributed by atoms with Gasteiger partial charge in [-0.2, -0.15) is 0 Å². The molecule has 0 saturated carbocycles. The van der Waals surface area contributed by atoms with E-state index in [0.717, 1.165) is 38.8 Å². The summed E-state index contributed by atoms with van der Waals surface area (Å²) in [4.78, 5) is 22.1. The van der Waals surface area contributed by atoms with Crippen molar-refractivity contribution >= 4 is 44.7 Å². The summed E-state index contributed by atoms with van der Waals surface area (Å²) in [6.07, 6.45) is 1.96. The third kappa shape index (κ3) is 7.23. The summed E-state index contributed by atoms with van der Waals surface area (Å²) in [6.45, 7) is 6.77. The van der Waals surface area contributed by atoms with Crippen LogP contribution in [0.5, 0.6) is 0 Å². The van der Waals surface area contributed by atoms with E-state index in [-0.39, 0.29) is 24.7 Å². The quantitative estimate of drug-likeness (QED) is 0.206. The lowest BCUT2D eigenvalue weighted by molar-refractivity contribution is -0.122. The molecule has 0 spiro atoms. The van der Waals surface area contributed by atoms with Gasteiger partial charge < -0.3 is 25.4 Å². The standard InChI is InChI=1S/C32H38N4O4S.CH2O2/c1-5-36-20-24-13-14-41(39,40)35(4)28-17-25(18-29(36)31(24)28)32(38)34-27(16-23-9-7-6-8-10-23)30(37)19-33-26-12-11-21(2)15-22(26)3;2-1-3/h6-12,15,17-18,20,27,30,33,37H,5,13-14,16,19H2,1-4H3,(H,34,38);1H,(H,2,3)/t27-,30+;/m0./s1. The molecule has 2 atom stereocenters. The van der Waals surface area contributed by atoms with Crippen LogP contribution in [0.3, 0.4) is 0 Å². The Kier molecular flexibility index (Phi) is 10.3. The number of aromatic nitrogens is 1. The number of hydrogen-bond acceptors (Lipinski definition) is 6. The number of nitrogens with zero attached hydrogens (tertiary/aromatic N) is 2. The molecule has 0 fully saturated rings. The van der Waals surface area contributed by atoms with Crippen molar-refractivity contribution in [2.24, 2.45) is 0 Å². The van der Waals surface area contributed by atoms with Gasteiger partial charge in [-0.15, -0.1) is 0 Å². The number of aliphatic hydroxyl groups excluding tert-OH is 1. The van der Waals surface area contributed by atoms with Crippen LogP contribution in [-0.4, -0.2) is 67.1 Å². The van der Waals surface area contributed by atoms with Gasteiger partial charge in [0, 0.05) is 43.0 Å². The number of sulfonamides is 1. The minimum Gasteiger partial charge on any atom is -0.483 e. The van der Waals surface area contributed by atoms with Gasteiger partial charge in [0.1, 0.15) is 0 Å². The molecule has 0 radical (unpaired) electrons. The van der Waals surface area contributed by atoms with Gasteiger partial charge in [0.05, 0.1) is 29.1 Å². The van der Waals surface area contributed by atoms with Crippen molar-refractivity contribution in [3.63, 3.8) is 0 Å². The van der Waals surface area contributed by atoms with Gasteiger partial charge in [-0.1, -0.05) is 48.0 Å². The summed E-state index contributed by atoms with van der Waals surface area (Å²) in [5, 5.41) is 25.5. The van der Waals surface area contributed by atoms with Crippen LogP contribution in [-0.2, 0) is 34.2 Å². The molecule has 0 bridgehead atoms. The third-order valence-electron chi connectivity index (χ3n) is 7.99. The van der Waals surface area contributed by atoms with Gasteiger partial charge >= 0.3 is 0 Å². The van der Waals surface area contributed by atoms with Crippen molar-refractivity contribution in [2.45, 2.75) is 52.3 Å². The van der Waals surface area contributed by atoms with Gasteiger partial charge in [0.15, 0.2) is 0 Å². The molecule has 10 nitrogen and oxygen atoms in total. The van der Waals surface area contributed by atoms with Gasteiger partial charge in [-0.3, -0.25) is 13.9 Å². The lowest BCUT2D eigenvalue weighted by Gasteiger charge is -2.26. The highest BCUT2D eigenvalue weighted by Crippen LogP contribution is 2.37. The molecule has 3 aromatic carbocycles. The molecule has 4 N–H and O–H groups in total. The number of carbonyl (C=O) groups is 2. The topological polar surface area (TPSA) is 141 Å². The van der Waals surface area contributed by atoms with Crippen LogP contribution >= 0.6 is 0 Å². The van der Waals surface area contributed by atoms with E-state index in [0.29, 0.717) is 30.6 Å². The van der Waals surface area contributed by atoms with E-state index in [2.05, 4.69) is 21.3 Å². The van der Waals surface area contributed by atoms with E-state index in [9.17, 15) is 18.3 Å². The second-order valence-corrected chi connectivity index (χ2v) is 13.1. The first kappa shape index (κ1) is 32.6. The van der Waals surface area contributed by atoms with E-state index in [4.69, 9.17) is 9.90 Å². The molecule has 1 aliphatic rings. The van der Waals surface area contributed by atoms with Crippen molar-refractivity contribution in [2.75, 3.05) is 29.0 Å². The zero-order valence-electron chi connectivity index (χ0n) is 25.4. The predicted octanol–water partition coefficient (Wildman–Crippen LogP) is 4.12. The smallest absolute Gasteiger partial charge is 0.290 e. The Morgan fingerprint density at radius 3 is 2.45 bits per heavy atom. The molecule has 5 rings (SSSR count). The average molecular weight is 621 g/mol. The Morgan fingerprint density at radius 1 is 1.09 bits per heavy atom. The van der Waals surface area contributed by atoms with E-state index in [1.807, 2.05) is 75.5 Å². The molecule has 234 valence electrons. The number of rotatable bonds is 9. The monoisotopic (exact) mass is 620 g/mol. The highest BCUT2D eigenvalue weighted by molar-refractivity contribution is 7.92. The van der Waals surface area contributed by atoms with Crippen molar-refractivity contribution in [3.8, 4) is 0 Å². The summed E-state index contributed by atoms with van der Waals surface area (Å²) >= 11 is 0. The molecule has 44 heavy (non-hydrogen) atoms. The van der Waals surface area contributed by atoms with Crippen LogP contribution in [0.2, 0.25) is 0 Å². The zero-order valence-corrected chi connectivity index (χ0v) is 26.3. The average Bonchev–Trinajstić information content (AvgIpc) is 3.32. The summed E-state index contributed by atoms with van der Waals surface area (Å²) in [6, 6.07) is 18.7. The summed E-state index contributed by atoms with van der Waals surface area (Å²) in [5.74, 6) is -0.350. The van der Waals surface area contributed by atoms with Crippen molar-refractivity contribution in [1.82, 2.24) is 9.88 Å². The van der Waals surface area contributed by atoms with Crippen molar-refractivity contribution in [1.29, 1.82) is 0 Å². The summed E-state index contributed by atoms with van der Waals surface area (Å²) in [5.41, 5.74) is 6.80. The highest BCUT2D eigenvalue weighted by Gasteiger charge is 2.29. The van der Waals surface area contributed by atoms with E-state index < -0.39 is 22.2 Å². The molecule has 1 amide bonds. The van der Waals surface area contributed by atoms with E-state index in [1.54, 1.807) is 13.1 Å². The van der Waals surface area contributed by atoms with E-state index >= 15 is 0 Å². The number of nitrogens with one attached hydrogen (secondary N) is 2. The number of carbonyl (C=O) groups excluding carboxylic acids is 1. The number of carboxylic acid groups (broad SMARTS) is 1. The van der Waals surface area contributed by atoms with Crippen molar-refractivity contribution in [3.05, 3.63) is 94.7 Å². The molecule has 0 saturated heterocycles. The minimum absolute atomic E-state index is 0.0152. The maximum atomic E-state index is 13.8. The van der Waals surface area contributed by atoms with Crippen LogP contribution < -0.4 is 14.9 Å². The third-order valence-corrected chi connectivity index (χ3v) is 9.74. The summed E-state index contributed by atoms with van der Waals surface area (Å²) < 4.78 is 29.2. The number of amides is 1. The number of anilines is 2. The van der Waals surface area contributed by atoms with Gasteiger partial charge in [0.25, 0.3) is 12.4 Å². The maximum Gasteiger partial charge on any atom is 0.290 e. The fraction of sp³-hybridized carbons (Fsp3) is 0.333. The zero-order chi connectivity index (χ0) is 32.0. The Hall–Kier alpha value is -4.35. The molecule has 0 aliphatic carbocycles. The first-order chi connectivity index (χ1) is 21.0. The first-order valence-corrected chi connectivity index (χ1v) is 16.1. The van der Waals surface area contributed by atoms with Crippen LogP contribution in [0, 0.1) is 13.8 Å². The number of aryl methyl sites for hydroxylation is 4. The molecule has 1 aromatic heterocycles. The largest absolute Gasteiger partial charge is 0.483 e. The van der Waals surface area contributed by atoms with Gasteiger partial charge in [-0.05, 0) is 68.5 Å². The number of aliphatic hydroxyl groups is 1. The lowest BCUT2D eigenvalue weighted by Crippen LogP contribution is -2.47. The Bertz CT molecular complexity index is 1740. The number of hydrogen-bond donors (Lipinski definition) is 4. The highest BCUT2D eigenvalue weighted by atomic mass is 32.2. The van der Waals surface area contributed by atoms with Crippen LogP contribution in [0.1, 0.15) is 39.5 Å². The van der Waals surface area contributed by atoms with E-state index in [1.165, 1.54) is 4.31 Å². The maximum absolute atomic E-state index is 13.8. The first-order valence-electron chi connectivity index (χ1n) is 14.5. The van der Waals surface area contributed by atoms with Crippen LogP contribution in [0.15, 0.2) is 66.9 Å². The molecule has 2 heterocycles. The molecular formula is C33H40N4O6S. The fourth-order valence-corrected chi connectivity index (χ4v) is 6.81. The van der Waals surface area contributed by atoms with Gasteiger partial charge in [-0.25, -0.2) is 8.42 Å².